The van der Waals surface area contributed by atoms with Gasteiger partial charge in [-0.3, -0.25) is 4.79 Å². The molecule has 0 radical (unpaired) electrons. The molecule has 0 saturated heterocycles. The molecule has 0 heterocycles. The van der Waals surface area contributed by atoms with E-state index in [1.54, 1.807) is 0 Å². The average Bonchev–Trinajstić information content (AvgIpc) is 2.31. The number of benzene rings is 1. The van der Waals surface area contributed by atoms with E-state index in [0.717, 1.165) is 29.7 Å². The molecule has 1 aromatic rings. The van der Waals surface area contributed by atoms with Gasteiger partial charge < -0.3 is 4.90 Å². The third-order valence-corrected chi connectivity index (χ3v) is 2.93. The first kappa shape index (κ1) is 14.0. The average molecular weight is 254 g/mol. The van der Waals surface area contributed by atoms with E-state index in [-0.39, 0.29) is 5.91 Å². The van der Waals surface area contributed by atoms with Crippen molar-refractivity contribution in [2.24, 2.45) is 0 Å². The van der Waals surface area contributed by atoms with E-state index in [9.17, 15) is 4.79 Å². The summed E-state index contributed by atoms with van der Waals surface area (Å²) in [6.45, 7) is 7.41. The minimum atomic E-state index is 0.0914. The Bertz CT molecular complexity index is 384. The van der Waals surface area contributed by atoms with Gasteiger partial charge in [-0.05, 0) is 31.9 Å². The maximum atomic E-state index is 12.4. The Balaban J connectivity index is 2.95. The zero-order chi connectivity index (χ0) is 12.8. The van der Waals surface area contributed by atoms with Crippen molar-refractivity contribution in [3.05, 3.63) is 34.9 Å². The van der Waals surface area contributed by atoms with Crippen molar-refractivity contribution in [2.45, 2.75) is 27.2 Å². The highest BCUT2D eigenvalue weighted by Crippen LogP contribution is 2.13. The first-order chi connectivity index (χ1) is 8.10. The van der Waals surface area contributed by atoms with Crippen LogP contribution in [0.15, 0.2) is 18.2 Å². The number of rotatable bonds is 5. The van der Waals surface area contributed by atoms with E-state index in [1.165, 1.54) is 0 Å². The second-order valence-electron chi connectivity index (χ2n) is 4.30. The molecule has 0 aromatic heterocycles. The smallest absolute Gasteiger partial charge is 0.254 e. The third kappa shape index (κ3) is 3.74. The molecule has 94 valence electrons. The van der Waals surface area contributed by atoms with Gasteiger partial charge in [-0.1, -0.05) is 24.6 Å². The van der Waals surface area contributed by atoms with E-state index in [2.05, 4.69) is 6.92 Å². The van der Waals surface area contributed by atoms with Gasteiger partial charge in [0.15, 0.2) is 0 Å². The fourth-order valence-corrected chi connectivity index (χ4v) is 2.03. The van der Waals surface area contributed by atoms with E-state index in [4.69, 9.17) is 11.6 Å². The zero-order valence-electron chi connectivity index (χ0n) is 10.8. The first-order valence-corrected chi connectivity index (χ1v) is 6.56. The highest BCUT2D eigenvalue weighted by Gasteiger charge is 2.16. The minimum absolute atomic E-state index is 0.0914. The van der Waals surface area contributed by atoms with E-state index in [0.29, 0.717) is 12.4 Å². The van der Waals surface area contributed by atoms with Crippen LogP contribution in [0.1, 0.15) is 34.8 Å². The van der Waals surface area contributed by atoms with Crippen LogP contribution in [0, 0.1) is 13.8 Å². The van der Waals surface area contributed by atoms with Crippen LogP contribution in [0.3, 0.4) is 0 Å². The molecule has 0 fully saturated rings. The number of alkyl halides is 1. The number of carbonyl (C=O) groups excluding carboxylic acids is 1. The van der Waals surface area contributed by atoms with E-state index < -0.39 is 0 Å². The second kappa shape index (κ2) is 6.65. The molecule has 0 spiro atoms. The van der Waals surface area contributed by atoms with Gasteiger partial charge in [0.1, 0.15) is 0 Å². The lowest BCUT2D eigenvalue weighted by molar-refractivity contribution is 0.0764. The SMILES string of the molecule is CCCN(CCCl)C(=O)c1cc(C)ccc1C. The molecule has 1 amide bonds. The number of halogens is 1. The molecular formula is C14H20ClNO. The highest BCUT2D eigenvalue weighted by atomic mass is 35.5. The van der Waals surface area contributed by atoms with Crippen LogP contribution in [0.2, 0.25) is 0 Å². The van der Waals surface area contributed by atoms with Crippen LogP contribution in [-0.2, 0) is 0 Å². The lowest BCUT2D eigenvalue weighted by Crippen LogP contribution is -2.33. The fourth-order valence-electron chi connectivity index (χ4n) is 1.82. The van der Waals surface area contributed by atoms with Gasteiger partial charge in [0.25, 0.3) is 5.91 Å². The Kier molecular flexibility index (Phi) is 5.49. The molecule has 0 unspecified atom stereocenters. The quantitative estimate of drug-likeness (QED) is 0.737. The normalized spacial score (nSPS) is 10.4. The van der Waals surface area contributed by atoms with Gasteiger partial charge in [0.05, 0.1) is 0 Å². The van der Waals surface area contributed by atoms with E-state index >= 15 is 0 Å². The maximum absolute atomic E-state index is 12.4. The summed E-state index contributed by atoms with van der Waals surface area (Å²) in [5.41, 5.74) is 2.93. The van der Waals surface area contributed by atoms with Crippen LogP contribution in [0.5, 0.6) is 0 Å². The van der Waals surface area contributed by atoms with Crippen LogP contribution in [0.25, 0.3) is 0 Å². The molecular weight excluding hydrogens is 234 g/mol. The molecule has 0 aliphatic heterocycles. The molecule has 0 aliphatic carbocycles. The van der Waals surface area contributed by atoms with Gasteiger partial charge in [0.2, 0.25) is 0 Å². The van der Waals surface area contributed by atoms with Gasteiger partial charge in [0, 0.05) is 24.5 Å². The highest BCUT2D eigenvalue weighted by molar-refractivity contribution is 6.18. The summed E-state index contributed by atoms with van der Waals surface area (Å²) in [7, 11) is 0. The summed E-state index contributed by atoms with van der Waals surface area (Å²) >= 11 is 5.74. The molecule has 0 saturated carbocycles. The molecule has 1 aromatic carbocycles. The summed E-state index contributed by atoms with van der Waals surface area (Å²) < 4.78 is 0. The van der Waals surface area contributed by atoms with Crippen LogP contribution in [0.4, 0.5) is 0 Å². The number of hydrogen-bond acceptors (Lipinski definition) is 1. The largest absolute Gasteiger partial charge is 0.337 e. The first-order valence-electron chi connectivity index (χ1n) is 6.02. The van der Waals surface area contributed by atoms with Crippen molar-refractivity contribution in [3.8, 4) is 0 Å². The van der Waals surface area contributed by atoms with Gasteiger partial charge in [-0.15, -0.1) is 11.6 Å². The van der Waals surface area contributed by atoms with Crippen molar-refractivity contribution in [1.29, 1.82) is 0 Å². The number of nitrogens with zero attached hydrogens (tertiary/aromatic N) is 1. The summed E-state index contributed by atoms with van der Waals surface area (Å²) in [6.07, 6.45) is 0.952. The minimum Gasteiger partial charge on any atom is -0.337 e. The number of hydrogen-bond donors (Lipinski definition) is 0. The predicted molar refractivity (Wildman–Crippen MR) is 72.8 cm³/mol. The topological polar surface area (TPSA) is 20.3 Å². The van der Waals surface area contributed by atoms with E-state index in [1.807, 2.05) is 36.9 Å². The lowest BCUT2D eigenvalue weighted by atomic mass is 10.0. The summed E-state index contributed by atoms with van der Waals surface area (Å²) in [4.78, 5) is 14.2. The third-order valence-electron chi connectivity index (χ3n) is 2.76. The standard InChI is InChI=1S/C14H20ClNO/c1-4-8-16(9-7-15)14(17)13-10-11(2)5-6-12(13)3/h5-6,10H,4,7-9H2,1-3H3. The molecule has 1 rings (SSSR count). The Labute approximate surface area is 109 Å². The molecule has 0 aliphatic rings. The van der Waals surface area contributed by atoms with Gasteiger partial charge >= 0.3 is 0 Å². The van der Waals surface area contributed by atoms with Gasteiger partial charge in [-0.25, -0.2) is 0 Å². The molecule has 0 bridgehead atoms. The fraction of sp³-hybridized carbons (Fsp3) is 0.500. The van der Waals surface area contributed by atoms with Crippen molar-refractivity contribution in [1.82, 2.24) is 4.90 Å². The predicted octanol–water partition coefficient (Wildman–Crippen LogP) is 3.39. The van der Waals surface area contributed by atoms with Crippen molar-refractivity contribution in [3.63, 3.8) is 0 Å². The number of amides is 1. The zero-order valence-corrected chi connectivity index (χ0v) is 11.5. The Morgan fingerprint density at radius 3 is 2.59 bits per heavy atom. The van der Waals surface area contributed by atoms with Crippen LogP contribution >= 0.6 is 11.6 Å². The molecule has 2 nitrogen and oxygen atoms in total. The monoisotopic (exact) mass is 253 g/mol. The Hall–Kier alpha value is -1.02. The van der Waals surface area contributed by atoms with Crippen LogP contribution < -0.4 is 0 Å². The summed E-state index contributed by atoms with van der Waals surface area (Å²) in [6, 6.07) is 5.97. The molecule has 0 N–H and O–H groups in total. The summed E-state index contributed by atoms with van der Waals surface area (Å²) in [5, 5.41) is 0. The maximum Gasteiger partial charge on any atom is 0.254 e. The van der Waals surface area contributed by atoms with Crippen molar-refractivity contribution < 1.29 is 4.79 Å². The lowest BCUT2D eigenvalue weighted by Gasteiger charge is -2.22. The number of carbonyl (C=O) groups is 1. The molecule has 0 atom stereocenters. The molecule has 3 heteroatoms. The van der Waals surface area contributed by atoms with Gasteiger partial charge in [-0.2, -0.15) is 0 Å². The van der Waals surface area contributed by atoms with Crippen molar-refractivity contribution in [2.75, 3.05) is 19.0 Å². The number of aryl methyl sites for hydroxylation is 2. The Morgan fingerprint density at radius 2 is 2.00 bits per heavy atom. The van der Waals surface area contributed by atoms with Crippen LogP contribution in [-0.4, -0.2) is 29.8 Å². The Morgan fingerprint density at radius 1 is 1.29 bits per heavy atom. The molecule has 17 heavy (non-hydrogen) atoms. The van der Waals surface area contributed by atoms with Crippen molar-refractivity contribution >= 4 is 17.5 Å². The summed E-state index contributed by atoms with van der Waals surface area (Å²) in [5.74, 6) is 0.574. The second-order valence-corrected chi connectivity index (χ2v) is 4.68.